The Morgan fingerprint density at radius 1 is 1.31 bits per heavy atom. The third-order valence-corrected chi connectivity index (χ3v) is 1.98. The second-order valence-electron chi connectivity index (χ2n) is 3.19. The van der Waals surface area contributed by atoms with Crippen LogP contribution in [0.3, 0.4) is 0 Å². The van der Waals surface area contributed by atoms with Gasteiger partial charge in [0.1, 0.15) is 5.88 Å². The first-order chi connectivity index (χ1) is 5.97. The third-order valence-electron chi connectivity index (χ3n) is 1.73. The molecule has 0 radical (unpaired) electrons. The lowest BCUT2D eigenvalue weighted by Gasteiger charge is -2.16. The molecule has 76 valence electrons. The van der Waals surface area contributed by atoms with Crippen molar-refractivity contribution in [1.82, 2.24) is 10.6 Å². The van der Waals surface area contributed by atoms with Crippen LogP contribution in [0, 0.1) is 5.92 Å². The van der Waals surface area contributed by atoms with Gasteiger partial charge >= 0.3 is 6.03 Å². The Balaban J connectivity index is 3.81. The quantitative estimate of drug-likeness (QED) is 0.680. The average Bonchev–Trinajstić information content (AvgIpc) is 2.03. The normalized spacial score (nSPS) is 12.4. The summed E-state index contributed by atoms with van der Waals surface area (Å²) in [5, 5.41) is 4.71. The van der Waals surface area contributed by atoms with E-state index in [1.165, 1.54) is 0 Å². The molecule has 0 aliphatic carbocycles. The Bertz CT molecular complexity index is 195. The Morgan fingerprint density at radius 2 is 1.85 bits per heavy atom. The molecule has 0 aromatic heterocycles. The molecule has 0 saturated carbocycles. The van der Waals surface area contributed by atoms with Gasteiger partial charge in [-0.05, 0) is 12.8 Å². The van der Waals surface area contributed by atoms with Crippen molar-refractivity contribution in [3.63, 3.8) is 0 Å². The van der Waals surface area contributed by atoms with E-state index in [2.05, 4.69) is 10.6 Å². The fourth-order valence-corrected chi connectivity index (χ4v) is 0.636. The maximum atomic E-state index is 11.0. The Kier molecular flexibility index (Phi) is 5.46. The average molecular weight is 207 g/mol. The highest BCUT2D eigenvalue weighted by Gasteiger charge is 2.11. The van der Waals surface area contributed by atoms with Crippen molar-refractivity contribution in [2.45, 2.75) is 26.8 Å². The number of alkyl halides is 1. The summed E-state index contributed by atoms with van der Waals surface area (Å²) in [6, 6.07) is -0.463. The van der Waals surface area contributed by atoms with Gasteiger partial charge in [0.05, 0.1) is 0 Å². The van der Waals surface area contributed by atoms with Crippen molar-refractivity contribution < 1.29 is 9.59 Å². The number of hydrogen-bond acceptors (Lipinski definition) is 2. The van der Waals surface area contributed by atoms with E-state index in [9.17, 15) is 9.59 Å². The van der Waals surface area contributed by atoms with Crippen LogP contribution in [0.2, 0.25) is 0 Å². The summed E-state index contributed by atoms with van der Waals surface area (Å²) in [5.74, 6) is -0.365. The van der Waals surface area contributed by atoms with Gasteiger partial charge < -0.3 is 5.32 Å². The Morgan fingerprint density at radius 3 is 2.23 bits per heavy atom. The highest BCUT2D eigenvalue weighted by atomic mass is 35.5. The molecule has 5 heteroatoms. The van der Waals surface area contributed by atoms with E-state index >= 15 is 0 Å². The predicted molar refractivity (Wildman–Crippen MR) is 51.7 cm³/mol. The van der Waals surface area contributed by atoms with Crippen LogP contribution in [0.15, 0.2) is 0 Å². The summed E-state index contributed by atoms with van der Waals surface area (Å²) >= 11 is 5.20. The monoisotopic (exact) mass is 206 g/mol. The summed E-state index contributed by atoms with van der Waals surface area (Å²) < 4.78 is 0. The van der Waals surface area contributed by atoms with E-state index in [1.54, 1.807) is 0 Å². The Hall–Kier alpha value is -0.770. The zero-order valence-corrected chi connectivity index (χ0v) is 8.81. The molecular weight excluding hydrogens is 192 g/mol. The number of imide groups is 1. The van der Waals surface area contributed by atoms with Gasteiger partial charge in [-0.1, -0.05) is 13.8 Å². The standard InChI is InChI=1S/C8H15ClN2O2/c1-5(2)6(3)10-8(13)11-7(12)4-9/h5-6H,4H2,1-3H3,(H2,10,11,12,13). The molecule has 0 saturated heterocycles. The van der Waals surface area contributed by atoms with Crippen LogP contribution in [0.4, 0.5) is 4.79 Å². The minimum absolute atomic E-state index is 0.0307. The van der Waals surface area contributed by atoms with Gasteiger partial charge in [0, 0.05) is 6.04 Å². The SMILES string of the molecule is CC(C)C(C)NC(=O)NC(=O)CCl. The summed E-state index contributed by atoms with van der Waals surface area (Å²) in [7, 11) is 0. The van der Waals surface area contributed by atoms with E-state index in [-0.39, 0.29) is 11.9 Å². The van der Waals surface area contributed by atoms with Crippen LogP contribution >= 0.6 is 11.6 Å². The van der Waals surface area contributed by atoms with Gasteiger partial charge in [-0.15, -0.1) is 11.6 Å². The van der Waals surface area contributed by atoms with Crippen LogP contribution in [-0.2, 0) is 4.79 Å². The first-order valence-corrected chi connectivity index (χ1v) is 4.67. The molecule has 4 nitrogen and oxygen atoms in total. The van der Waals surface area contributed by atoms with Crippen LogP contribution in [-0.4, -0.2) is 23.9 Å². The van der Waals surface area contributed by atoms with E-state index in [0.717, 1.165) is 0 Å². The smallest absolute Gasteiger partial charge is 0.321 e. The molecule has 0 aromatic rings. The molecule has 3 amide bonds. The van der Waals surface area contributed by atoms with Crippen LogP contribution in [0.25, 0.3) is 0 Å². The molecule has 0 aromatic carbocycles. The van der Waals surface area contributed by atoms with Gasteiger partial charge in [0.2, 0.25) is 5.91 Å². The topological polar surface area (TPSA) is 58.2 Å². The van der Waals surface area contributed by atoms with E-state index in [4.69, 9.17) is 11.6 Å². The van der Waals surface area contributed by atoms with Gasteiger partial charge in [-0.25, -0.2) is 4.79 Å². The lowest BCUT2D eigenvalue weighted by Crippen LogP contribution is -2.45. The maximum Gasteiger partial charge on any atom is 0.321 e. The third kappa shape index (κ3) is 5.47. The second kappa shape index (κ2) is 5.80. The van der Waals surface area contributed by atoms with Gasteiger partial charge in [-0.2, -0.15) is 0 Å². The van der Waals surface area contributed by atoms with Crippen molar-refractivity contribution in [2.75, 3.05) is 5.88 Å². The summed E-state index contributed by atoms with van der Waals surface area (Å²) in [6.07, 6.45) is 0. The molecule has 2 N–H and O–H groups in total. The molecule has 1 atom stereocenters. The molecule has 0 fully saturated rings. The highest BCUT2D eigenvalue weighted by Crippen LogP contribution is 1.98. The summed E-state index contributed by atoms with van der Waals surface area (Å²) in [5.41, 5.74) is 0. The molecule has 0 heterocycles. The highest BCUT2D eigenvalue weighted by molar-refractivity contribution is 6.28. The maximum absolute atomic E-state index is 11.0. The van der Waals surface area contributed by atoms with Crippen molar-refractivity contribution >= 4 is 23.5 Å². The molecular formula is C8H15ClN2O2. The lowest BCUT2D eigenvalue weighted by atomic mass is 10.1. The molecule has 0 bridgehead atoms. The minimum atomic E-state index is -0.494. The number of halogens is 1. The van der Waals surface area contributed by atoms with Crippen molar-refractivity contribution in [3.05, 3.63) is 0 Å². The first kappa shape index (κ1) is 12.2. The van der Waals surface area contributed by atoms with Crippen LogP contribution < -0.4 is 10.6 Å². The number of hydrogen-bond donors (Lipinski definition) is 2. The largest absolute Gasteiger partial charge is 0.335 e. The number of carbonyl (C=O) groups excluding carboxylic acids is 2. The fourth-order valence-electron chi connectivity index (χ4n) is 0.570. The first-order valence-electron chi connectivity index (χ1n) is 4.13. The van der Waals surface area contributed by atoms with Crippen molar-refractivity contribution in [1.29, 1.82) is 0 Å². The fraction of sp³-hybridized carbons (Fsp3) is 0.750. The molecule has 13 heavy (non-hydrogen) atoms. The van der Waals surface area contributed by atoms with Crippen molar-refractivity contribution in [2.24, 2.45) is 5.92 Å². The van der Waals surface area contributed by atoms with E-state index < -0.39 is 11.9 Å². The van der Waals surface area contributed by atoms with E-state index in [0.29, 0.717) is 5.92 Å². The summed E-state index contributed by atoms with van der Waals surface area (Å²) in [6.45, 7) is 5.83. The predicted octanol–water partition coefficient (Wildman–Crippen LogP) is 1.10. The molecule has 0 aliphatic rings. The lowest BCUT2D eigenvalue weighted by molar-refractivity contribution is -0.117. The van der Waals surface area contributed by atoms with Crippen molar-refractivity contribution in [3.8, 4) is 0 Å². The second-order valence-corrected chi connectivity index (χ2v) is 3.46. The zero-order chi connectivity index (χ0) is 10.4. The molecule has 0 rings (SSSR count). The number of rotatable bonds is 3. The molecule has 1 unspecified atom stereocenters. The van der Waals surface area contributed by atoms with Crippen LogP contribution in [0.5, 0.6) is 0 Å². The summed E-state index contributed by atoms with van der Waals surface area (Å²) in [4.78, 5) is 21.7. The number of urea groups is 1. The Labute approximate surface area is 83.0 Å². The van der Waals surface area contributed by atoms with E-state index in [1.807, 2.05) is 20.8 Å². The number of nitrogens with one attached hydrogen (secondary N) is 2. The molecule has 0 aliphatic heterocycles. The minimum Gasteiger partial charge on any atom is -0.335 e. The van der Waals surface area contributed by atoms with Gasteiger partial charge in [0.15, 0.2) is 0 Å². The number of carbonyl (C=O) groups is 2. The number of amides is 3. The van der Waals surface area contributed by atoms with Gasteiger partial charge in [-0.3, -0.25) is 10.1 Å². The molecule has 0 spiro atoms. The van der Waals surface area contributed by atoms with Crippen LogP contribution in [0.1, 0.15) is 20.8 Å². The zero-order valence-electron chi connectivity index (χ0n) is 8.06. The van der Waals surface area contributed by atoms with Gasteiger partial charge in [0.25, 0.3) is 0 Å².